The van der Waals surface area contributed by atoms with Crippen LogP contribution in [0.25, 0.3) is 0 Å². The van der Waals surface area contributed by atoms with Crippen LogP contribution in [0.15, 0.2) is 18.2 Å². The zero-order valence-corrected chi connectivity index (χ0v) is 12.7. The lowest BCUT2D eigenvalue weighted by Gasteiger charge is -2.32. The van der Waals surface area contributed by atoms with Crippen LogP contribution in [-0.2, 0) is 11.2 Å². The fourth-order valence-corrected chi connectivity index (χ4v) is 2.66. The highest BCUT2D eigenvalue weighted by molar-refractivity contribution is 5.95. The first kappa shape index (κ1) is 15.0. The van der Waals surface area contributed by atoms with E-state index in [9.17, 15) is 4.79 Å². The van der Waals surface area contributed by atoms with Gasteiger partial charge in [-0.3, -0.25) is 9.69 Å². The molecule has 2 N–H and O–H groups in total. The molecule has 4 heteroatoms. The van der Waals surface area contributed by atoms with Crippen molar-refractivity contribution < 1.29 is 4.79 Å². The van der Waals surface area contributed by atoms with Gasteiger partial charge in [-0.05, 0) is 31.4 Å². The SMILES string of the molecule is CCc1cccc(C)c1NC(=O)C(C)N1CCNCC1. The van der Waals surface area contributed by atoms with Crippen LogP contribution in [0.3, 0.4) is 0 Å². The number of benzene rings is 1. The van der Waals surface area contributed by atoms with Crippen molar-refractivity contribution in [2.75, 3.05) is 31.5 Å². The lowest BCUT2D eigenvalue weighted by molar-refractivity contribution is -0.121. The third-order valence-electron chi connectivity index (χ3n) is 4.07. The number of amides is 1. The summed E-state index contributed by atoms with van der Waals surface area (Å²) in [4.78, 5) is 14.7. The van der Waals surface area contributed by atoms with Crippen molar-refractivity contribution in [1.82, 2.24) is 10.2 Å². The number of carbonyl (C=O) groups is 1. The number of hydrogen-bond acceptors (Lipinski definition) is 3. The molecule has 1 aromatic carbocycles. The molecule has 1 saturated heterocycles. The van der Waals surface area contributed by atoms with Crippen molar-refractivity contribution >= 4 is 11.6 Å². The number of para-hydroxylation sites is 1. The van der Waals surface area contributed by atoms with E-state index >= 15 is 0 Å². The number of carbonyl (C=O) groups excluding carboxylic acids is 1. The summed E-state index contributed by atoms with van der Waals surface area (Å²) in [6, 6.07) is 6.09. The van der Waals surface area contributed by atoms with Gasteiger partial charge in [-0.2, -0.15) is 0 Å². The predicted molar refractivity (Wildman–Crippen MR) is 83.1 cm³/mol. The molecule has 1 heterocycles. The Balaban J connectivity index is 2.07. The Bertz CT molecular complexity index is 467. The topological polar surface area (TPSA) is 44.4 Å². The van der Waals surface area contributed by atoms with Crippen LogP contribution in [-0.4, -0.2) is 43.0 Å². The summed E-state index contributed by atoms with van der Waals surface area (Å²) in [5.74, 6) is 0.0934. The summed E-state index contributed by atoms with van der Waals surface area (Å²) in [6.45, 7) is 9.94. The molecule has 0 aromatic heterocycles. The zero-order valence-electron chi connectivity index (χ0n) is 12.7. The summed E-state index contributed by atoms with van der Waals surface area (Å²) in [6.07, 6.45) is 0.930. The number of hydrogen-bond donors (Lipinski definition) is 2. The van der Waals surface area contributed by atoms with Gasteiger partial charge in [-0.25, -0.2) is 0 Å². The molecule has 0 radical (unpaired) electrons. The minimum Gasteiger partial charge on any atom is -0.324 e. The first-order valence-corrected chi connectivity index (χ1v) is 7.47. The summed E-state index contributed by atoms with van der Waals surface area (Å²) in [5, 5.41) is 6.44. The van der Waals surface area contributed by atoms with Gasteiger partial charge in [0.25, 0.3) is 0 Å². The van der Waals surface area contributed by atoms with Crippen LogP contribution < -0.4 is 10.6 Å². The molecule has 1 aromatic rings. The maximum absolute atomic E-state index is 12.5. The van der Waals surface area contributed by atoms with Crippen molar-refractivity contribution in [3.05, 3.63) is 29.3 Å². The Hall–Kier alpha value is -1.39. The molecule has 0 bridgehead atoms. The minimum atomic E-state index is -0.0820. The smallest absolute Gasteiger partial charge is 0.241 e. The Kier molecular flexibility index (Phi) is 5.15. The molecular weight excluding hydrogens is 250 g/mol. The molecule has 110 valence electrons. The van der Waals surface area contributed by atoms with Crippen LogP contribution >= 0.6 is 0 Å². The lowest BCUT2D eigenvalue weighted by atomic mass is 10.1. The molecule has 1 aliphatic heterocycles. The van der Waals surface area contributed by atoms with Gasteiger partial charge in [0.1, 0.15) is 0 Å². The van der Waals surface area contributed by atoms with Gasteiger partial charge in [0.2, 0.25) is 5.91 Å². The highest BCUT2D eigenvalue weighted by Gasteiger charge is 2.23. The van der Waals surface area contributed by atoms with E-state index in [0.29, 0.717) is 0 Å². The largest absolute Gasteiger partial charge is 0.324 e. The molecule has 0 saturated carbocycles. The van der Waals surface area contributed by atoms with Crippen molar-refractivity contribution in [2.45, 2.75) is 33.2 Å². The van der Waals surface area contributed by atoms with E-state index in [-0.39, 0.29) is 11.9 Å². The van der Waals surface area contributed by atoms with Gasteiger partial charge in [0.15, 0.2) is 0 Å². The van der Waals surface area contributed by atoms with Crippen molar-refractivity contribution in [3.63, 3.8) is 0 Å². The molecule has 4 nitrogen and oxygen atoms in total. The highest BCUT2D eigenvalue weighted by Crippen LogP contribution is 2.21. The normalized spacial score (nSPS) is 17.8. The Morgan fingerprint density at radius 1 is 1.40 bits per heavy atom. The number of nitrogens with zero attached hydrogens (tertiary/aromatic N) is 1. The summed E-state index contributed by atoms with van der Waals surface area (Å²) < 4.78 is 0. The zero-order chi connectivity index (χ0) is 14.5. The first-order chi connectivity index (χ1) is 9.63. The second kappa shape index (κ2) is 6.86. The minimum absolute atomic E-state index is 0.0820. The third kappa shape index (κ3) is 3.38. The van der Waals surface area contributed by atoms with E-state index in [1.165, 1.54) is 5.56 Å². The van der Waals surface area contributed by atoms with E-state index in [1.54, 1.807) is 0 Å². The van der Waals surface area contributed by atoms with E-state index in [0.717, 1.165) is 43.9 Å². The second-order valence-corrected chi connectivity index (χ2v) is 5.41. The summed E-state index contributed by atoms with van der Waals surface area (Å²) in [7, 11) is 0. The molecule has 0 spiro atoms. The van der Waals surface area contributed by atoms with Gasteiger partial charge >= 0.3 is 0 Å². The summed E-state index contributed by atoms with van der Waals surface area (Å²) >= 11 is 0. The van der Waals surface area contributed by atoms with Gasteiger partial charge < -0.3 is 10.6 Å². The Labute approximate surface area is 121 Å². The van der Waals surface area contributed by atoms with E-state index < -0.39 is 0 Å². The van der Waals surface area contributed by atoms with E-state index in [1.807, 2.05) is 26.0 Å². The maximum Gasteiger partial charge on any atom is 0.241 e. The number of piperazine rings is 1. The molecule has 1 atom stereocenters. The fraction of sp³-hybridized carbons (Fsp3) is 0.562. The Morgan fingerprint density at radius 2 is 2.10 bits per heavy atom. The molecule has 1 amide bonds. The average Bonchev–Trinajstić information content (AvgIpc) is 2.49. The van der Waals surface area contributed by atoms with Crippen molar-refractivity contribution in [1.29, 1.82) is 0 Å². The molecule has 20 heavy (non-hydrogen) atoms. The van der Waals surface area contributed by atoms with Gasteiger partial charge in [0.05, 0.1) is 6.04 Å². The maximum atomic E-state index is 12.5. The molecule has 0 aliphatic carbocycles. The number of rotatable bonds is 4. The molecule has 1 aliphatic rings. The average molecular weight is 275 g/mol. The van der Waals surface area contributed by atoms with Crippen molar-refractivity contribution in [3.8, 4) is 0 Å². The van der Waals surface area contributed by atoms with E-state index in [2.05, 4.69) is 28.5 Å². The number of nitrogens with one attached hydrogen (secondary N) is 2. The van der Waals surface area contributed by atoms with Crippen LogP contribution in [0, 0.1) is 6.92 Å². The monoisotopic (exact) mass is 275 g/mol. The lowest BCUT2D eigenvalue weighted by Crippen LogP contribution is -2.51. The third-order valence-corrected chi connectivity index (χ3v) is 4.07. The van der Waals surface area contributed by atoms with Gasteiger partial charge in [-0.15, -0.1) is 0 Å². The Morgan fingerprint density at radius 3 is 2.75 bits per heavy atom. The highest BCUT2D eigenvalue weighted by atomic mass is 16.2. The summed E-state index contributed by atoms with van der Waals surface area (Å²) in [5.41, 5.74) is 3.32. The van der Waals surface area contributed by atoms with Crippen LogP contribution in [0.5, 0.6) is 0 Å². The number of anilines is 1. The second-order valence-electron chi connectivity index (χ2n) is 5.41. The van der Waals surface area contributed by atoms with Crippen molar-refractivity contribution in [2.24, 2.45) is 0 Å². The van der Waals surface area contributed by atoms with Gasteiger partial charge in [-0.1, -0.05) is 25.1 Å². The quantitative estimate of drug-likeness (QED) is 0.880. The van der Waals surface area contributed by atoms with Crippen LogP contribution in [0.2, 0.25) is 0 Å². The molecule has 1 fully saturated rings. The van der Waals surface area contributed by atoms with Crippen LogP contribution in [0.4, 0.5) is 5.69 Å². The molecular formula is C16H25N3O. The fourth-order valence-electron chi connectivity index (χ4n) is 2.66. The molecule has 1 unspecified atom stereocenters. The van der Waals surface area contributed by atoms with Gasteiger partial charge in [0, 0.05) is 31.9 Å². The van der Waals surface area contributed by atoms with Crippen LogP contribution in [0.1, 0.15) is 25.0 Å². The first-order valence-electron chi connectivity index (χ1n) is 7.47. The standard InChI is InChI=1S/C16H25N3O/c1-4-14-7-5-6-12(2)15(14)18-16(20)13(3)19-10-8-17-9-11-19/h5-7,13,17H,4,8-11H2,1-3H3,(H,18,20). The molecule has 2 rings (SSSR count). The van der Waals surface area contributed by atoms with E-state index in [4.69, 9.17) is 0 Å². The number of aryl methyl sites for hydroxylation is 2. The predicted octanol–water partition coefficient (Wildman–Crippen LogP) is 1.79.